The Labute approximate surface area is 654 Å². The molecular weight excluding hydrogens is 1560 g/mol. The average molecular weight is 1660 g/mol. The molecule has 7 aromatic rings. The van der Waals surface area contributed by atoms with Gasteiger partial charge in [0.05, 0.1) is 63.0 Å². The number of benzene rings is 4. The van der Waals surface area contributed by atoms with Gasteiger partial charge in [0.25, 0.3) is 0 Å². The van der Waals surface area contributed by atoms with Crippen LogP contribution in [0.15, 0.2) is 92.4 Å². The maximum atomic E-state index is 15.2. The Morgan fingerprint density at radius 2 is 0.442 bits per heavy atom. The third-order valence-electron chi connectivity index (χ3n) is 18.5. The predicted molar refractivity (Wildman–Crippen MR) is 435 cm³/mol. The molecule has 16 nitrogen and oxygen atoms in total. The molecule has 562 valence electrons. The Bertz CT molecular complexity index is 4410. The minimum Gasteiger partial charge on any atom is -0.354 e. The van der Waals surface area contributed by atoms with Gasteiger partial charge < -0.3 is 9.97 Å². The van der Waals surface area contributed by atoms with Gasteiger partial charge in [-0.25, -0.2) is 43.6 Å². The van der Waals surface area contributed by atoms with Gasteiger partial charge in [0.2, 0.25) is 40.1 Å². The number of aromatic amines is 2. The van der Waals surface area contributed by atoms with Crippen molar-refractivity contribution in [3.8, 4) is 44.5 Å². The highest BCUT2D eigenvalue weighted by Gasteiger charge is 2.36. The van der Waals surface area contributed by atoms with E-state index in [1.807, 2.05) is 55.4 Å². The number of halogens is 8. The molecule has 8 bridgehead atoms. The molecule has 0 spiro atoms. The quantitative estimate of drug-likeness (QED) is 0.0380. The highest BCUT2D eigenvalue weighted by Crippen LogP contribution is 2.50. The predicted octanol–water partition coefficient (Wildman–Crippen LogP) is 22.9. The van der Waals surface area contributed by atoms with Crippen LogP contribution in [0.2, 0.25) is 40.2 Å². The molecule has 2 aliphatic heterocycles. The molecule has 0 amide bonds. The number of nitrogens with one attached hydrogen (secondary N) is 2. The number of fused-ring (bicyclic) bond motifs is 8. The van der Waals surface area contributed by atoms with Crippen molar-refractivity contribution in [2.24, 2.45) is 0 Å². The fraction of sp³-hybridized carbons (Fsp3) is 0.421. The number of nitrogens with zero attached hydrogens (tertiary/aromatic N) is 6. The standard InChI is InChI=1S/C76H90Cl8N8O8S4/c1-9-17-41-89(42-18-10-2)101(93,94)61-37-25-49(77)65(73(61)81)69-53-29-31-55(85-53)70(66-50(78)26-38-62(74(66)82)102(95,96)90(43-19-11-3)44-20-12-4)57-33-35-59(87-57)72(68-52(80)28-40-64(76(68)84)104(99,100)92(47-23-15-7)48-24-16-8)60-36-34-58(88-60)71(56-32-30-54(69)86-56)67-51(79)27-39-63(75(67)83)103(97,98)91(45-21-13-5)46-22-14-6/h25-40,85,88H,9-24,41-48H2,1-8H3. The molecule has 9 rings (SSSR count). The second-order valence-electron chi connectivity index (χ2n) is 25.9. The normalized spacial score (nSPS) is 13.0. The number of hydrogen-bond acceptors (Lipinski definition) is 10. The smallest absolute Gasteiger partial charge is 0.244 e. The highest BCUT2D eigenvalue weighted by atomic mass is 35.5. The fourth-order valence-corrected chi connectivity index (χ4v) is 22.5. The fourth-order valence-electron chi connectivity index (χ4n) is 12.7. The Morgan fingerprint density at radius 1 is 0.269 bits per heavy atom. The lowest BCUT2D eigenvalue weighted by Gasteiger charge is -2.23. The van der Waals surface area contributed by atoms with Gasteiger partial charge in [-0.15, -0.1) is 0 Å². The molecule has 0 aliphatic carbocycles. The minimum atomic E-state index is -4.33. The van der Waals surface area contributed by atoms with Gasteiger partial charge in [-0.05, 0) is 148 Å². The Kier molecular flexibility index (Phi) is 29.5. The van der Waals surface area contributed by atoms with E-state index in [4.69, 9.17) is 103 Å². The van der Waals surface area contributed by atoms with Crippen LogP contribution in [0, 0.1) is 0 Å². The molecule has 104 heavy (non-hydrogen) atoms. The van der Waals surface area contributed by atoms with E-state index in [0.717, 1.165) is 51.4 Å². The van der Waals surface area contributed by atoms with Crippen LogP contribution in [-0.4, -0.2) is 123 Å². The number of aromatic nitrogens is 4. The zero-order valence-electron chi connectivity index (χ0n) is 59.8. The van der Waals surface area contributed by atoms with Gasteiger partial charge >= 0.3 is 0 Å². The van der Waals surface area contributed by atoms with E-state index in [1.165, 1.54) is 65.8 Å². The maximum absolute atomic E-state index is 15.2. The van der Waals surface area contributed by atoms with Crippen molar-refractivity contribution in [2.75, 3.05) is 52.4 Å². The van der Waals surface area contributed by atoms with E-state index in [1.54, 1.807) is 48.6 Å². The van der Waals surface area contributed by atoms with Crippen molar-refractivity contribution in [2.45, 2.75) is 178 Å². The number of rotatable bonds is 36. The van der Waals surface area contributed by atoms with Crippen LogP contribution in [0.5, 0.6) is 0 Å². The van der Waals surface area contributed by atoms with Crippen LogP contribution < -0.4 is 0 Å². The lowest BCUT2D eigenvalue weighted by molar-refractivity contribution is 0.395. The second-order valence-corrected chi connectivity index (χ2v) is 36.7. The number of hydrogen-bond donors (Lipinski definition) is 2. The topological polar surface area (TPSA) is 207 Å². The van der Waals surface area contributed by atoms with Crippen LogP contribution in [-0.2, 0) is 40.1 Å². The summed E-state index contributed by atoms with van der Waals surface area (Å²) in [6.07, 6.45) is 17.1. The lowest BCUT2D eigenvalue weighted by atomic mass is 10.0. The average Bonchev–Trinajstić information content (AvgIpc) is 1.45. The molecule has 0 radical (unpaired) electrons. The maximum Gasteiger partial charge on any atom is 0.244 e. The SMILES string of the molecule is CCCCN(CCCC)S(=O)(=O)c1ccc(Cl)c(-c2c3nc(c(-c4c(Cl)ccc(S(=O)(=O)N(CCCC)CCCC)c4Cl)c4ccc([nH]4)c(-c4c(Cl)ccc(S(=O)(=O)N(CCCC)CCCC)c4Cl)c4nc(c(-c5c(Cl)ccc(S(=O)(=O)N(CCCC)CCCC)c5Cl)c5ccc2[nH]5)C=C4)C=C3)c1Cl. The Hall–Kier alpha value is -4.56. The summed E-state index contributed by atoms with van der Waals surface area (Å²) >= 11 is 60.4. The molecule has 3 aromatic heterocycles. The van der Waals surface area contributed by atoms with E-state index in [9.17, 15) is 0 Å². The summed E-state index contributed by atoms with van der Waals surface area (Å²) < 4.78 is 127. The molecule has 0 saturated carbocycles. The molecule has 28 heteroatoms. The second kappa shape index (κ2) is 36.8. The molecule has 0 saturated heterocycles. The van der Waals surface area contributed by atoms with Gasteiger partial charge in [0.1, 0.15) is 19.6 Å². The molecule has 4 aromatic carbocycles. The molecule has 2 N–H and O–H groups in total. The summed E-state index contributed by atoms with van der Waals surface area (Å²) in [5, 5.41) is -0.776. The van der Waals surface area contributed by atoms with Crippen LogP contribution in [0.4, 0.5) is 0 Å². The van der Waals surface area contributed by atoms with Gasteiger partial charge in [-0.2, -0.15) is 17.2 Å². The van der Waals surface area contributed by atoms with E-state index in [2.05, 4.69) is 9.97 Å². The number of H-pyrrole nitrogens is 2. The summed E-state index contributed by atoms with van der Waals surface area (Å²) in [5.74, 6) is 0. The molecule has 0 atom stereocenters. The highest BCUT2D eigenvalue weighted by molar-refractivity contribution is 7.90. The molecule has 5 heterocycles. The molecule has 0 fully saturated rings. The van der Waals surface area contributed by atoms with Crippen molar-refractivity contribution in [1.29, 1.82) is 0 Å². The van der Waals surface area contributed by atoms with Crippen LogP contribution in [0.3, 0.4) is 0 Å². The first-order valence-corrected chi connectivity index (χ1v) is 44.5. The van der Waals surface area contributed by atoms with Crippen LogP contribution >= 0.6 is 92.8 Å². The largest absolute Gasteiger partial charge is 0.354 e. The zero-order valence-corrected chi connectivity index (χ0v) is 69.1. The third kappa shape index (κ3) is 17.5. The monoisotopic (exact) mass is 1650 g/mol. The van der Waals surface area contributed by atoms with E-state index in [-0.39, 0.29) is 201 Å². The van der Waals surface area contributed by atoms with Crippen molar-refractivity contribution < 1.29 is 33.7 Å². The van der Waals surface area contributed by atoms with Gasteiger partial charge in [-0.3, -0.25) is 0 Å². The first-order valence-electron chi connectivity index (χ1n) is 35.8. The first-order chi connectivity index (χ1) is 49.6. The van der Waals surface area contributed by atoms with Crippen molar-refractivity contribution in [3.63, 3.8) is 0 Å². The Balaban J connectivity index is 1.53. The molecule has 0 unspecified atom stereocenters. The molecule has 2 aliphatic rings. The summed E-state index contributed by atoms with van der Waals surface area (Å²) in [7, 11) is -17.3. The minimum absolute atomic E-state index is 0.0313. The summed E-state index contributed by atoms with van der Waals surface area (Å²) in [5.41, 5.74) is 2.59. The van der Waals surface area contributed by atoms with E-state index in [0.29, 0.717) is 51.4 Å². The van der Waals surface area contributed by atoms with Crippen molar-refractivity contribution in [1.82, 2.24) is 37.2 Å². The van der Waals surface area contributed by atoms with E-state index < -0.39 is 40.1 Å². The van der Waals surface area contributed by atoms with Gasteiger partial charge in [0, 0.05) is 119 Å². The lowest BCUT2D eigenvalue weighted by Crippen LogP contribution is -2.33. The summed E-state index contributed by atoms with van der Waals surface area (Å²) in [6, 6.07) is 18.2. The van der Waals surface area contributed by atoms with Gasteiger partial charge in [0.15, 0.2) is 0 Å². The number of unbranched alkanes of at least 4 members (excludes halogenated alkanes) is 8. The van der Waals surface area contributed by atoms with Crippen molar-refractivity contribution >= 4 is 179 Å². The zero-order chi connectivity index (χ0) is 75.6. The first kappa shape index (κ1) is 83.5. The molecular formula is C76H90Cl8N8O8S4. The summed E-state index contributed by atoms with van der Waals surface area (Å²) in [4.78, 5) is 17.1. The van der Waals surface area contributed by atoms with Crippen LogP contribution in [0.25, 0.3) is 90.9 Å². The van der Waals surface area contributed by atoms with E-state index >= 15 is 33.7 Å². The van der Waals surface area contributed by atoms with Crippen molar-refractivity contribution in [3.05, 3.63) is 136 Å². The van der Waals surface area contributed by atoms with Crippen LogP contribution in [0.1, 0.15) is 181 Å². The third-order valence-corrected chi connectivity index (χ3v) is 29.6. The number of sulfonamides is 4. The summed E-state index contributed by atoms with van der Waals surface area (Å²) in [6.45, 7) is 17.6. The van der Waals surface area contributed by atoms with Gasteiger partial charge in [-0.1, -0.05) is 200 Å². The Morgan fingerprint density at radius 3 is 0.606 bits per heavy atom.